The molecule has 8 N–H and O–H groups in total. The molecule has 0 aromatic carbocycles. The molecule has 6 aromatic rings. The number of rotatable bonds is 3. The van der Waals surface area contributed by atoms with E-state index >= 15 is 0 Å². The lowest BCUT2D eigenvalue weighted by Crippen LogP contribution is -2.27. The van der Waals surface area contributed by atoms with Crippen LogP contribution in [0.3, 0.4) is 0 Å². The summed E-state index contributed by atoms with van der Waals surface area (Å²) in [5.74, 6) is -1.25. The van der Waals surface area contributed by atoms with E-state index in [1.807, 2.05) is 20.8 Å². The molecule has 0 bridgehead atoms. The highest BCUT2D eigenvalue weighted by Gasteiger charge is 2.15. The third kappa shape index (κ3) is 12.5. The first-order chi connectivity index (χ1) is 25.2. The number of nitrogens with one attached hydrogen (secondary N) is 4. The Balaban J connectivity index is 0.000000202. The summed E-state index contributed by atoms with van der Waals surface area (Å²) in [7, 11) is 1.59. The Kier molecular flexibility index (Phi) is 13.6. The summed E-state index contributed by atoms with van der Waals surface area (Å²) in [6.07, 6.45) is 3.52. The molecular formula is C32H35F2N13O7. The van der Waals surface area contributed by atoms with E-state index in [-0.39, 0.29) is 51.4 Å². The lowest BCUT2D eigenvalue weighted by Gasteiger charge is -2.22. The molecule has 0 spiro atoms. The van der Waals surface area contributed by atoms with Crippen LogP contribution in [-0.4, -0.2) is 75.4 Å². The molecule has 6 aromatic heterocycles. The minimum atomic E-state index is -0.598. The Morgan fingerprint density at radius 3 is 1.76 bits per heavy atom. The van der Waals surface area contributed by atoms with E-state index in [1.54, 1.807) is 19.4 Å². The van der Waals surface area contributed by atoms with E-state index in [2.05, 4.69) is 60.2 Å². The summed E-state index contributed by atoms with van der Waals surface area (Å²) in [5, 5.41) is 5.57. The van der Waals surface area contributed by atoms with E-state index in [4.69, 9.17) is 16.2 Å². The molecule has 20 nitrogen and oxygen atoms in total. The second kappa shape index (κ2) is 17.8. The van der Waals surface area contributed by atoms with Crippen LogP contribution in [0.1, 0.15) is 41.5 Å². The average molecular weight is 752 g/mol. The Bertz CT molecular complexity index is 2430. The number of hydrogen-bond acceptors (Lipinski definition) is 17. The minimum Gasteiger partial charge on any atom is -0.495 e. The van der Waals surface area contributed by atoms with Gasteiger partial charge in [0, 0.05) is 44.5 Å². The minimum absolute atomic E-state index is 0.0236. The SMILES string of the molecule is CC(=O)Nc1nc2cc(F)cnc2c(=O)[nH]1.CC(=O)OC(C)=O.COc1cnc2c(NC(C)(C)C)nc(N)nc2c1.Nc1nc2cc(F)cnc2c(=O)[nH]1. The van der Waals surface area contributed by atoms with Gasteiger partial charge in [0.1, 0.15) is 39.5 Å². The predicted molar refractivity (Wildman–Crippen MR) is 193 cm³/mol. The normalized spacial score (nSPS) is 10.5. The van der Waals surface area contributed by atoms with Crippen LogP contribution in [0.25, 0.3) is 33.1 Å². The van der Waals surface area contributed by atoms with Crippen LogP contribution in [-0.2, 0) is 19.1 Å². The van der Waals surface area contributed by atoms with Crippen LogP contribution >= 0.6 is 0 Å². The molecule has 0 atom stereocenters. The van der Waals surface area contributed by atoms with Gasteiger partial charge in [0.25, 0.3) is 11.1 Å². The quantitative estimate of drug-likeness (QED) is 0.112. The molecule has 0 saturated heterocycles. The average Bonchev–Trinajstić information content (AvgIpc) is 3.03. The predicted octanol–water partition coefficient (Wildman–Crippen LogP) is 2.38. The van der Waals surface area contributed by atoms with Crippen molar-refractivity contribution in [3.63, 3.8) is 0 Å². The molecule has 1 amide bonds. The number of H-pyrrole nitrogens is 2. The highest BCUT2D eigenvalue weighted by molar-refractivity contribution is 5.88. The number of nitrogen functional groups attached to an aromatic ring is 2. The van der Waals surface area contributed by atoms with Crippen molar-refractivity contribution in [2.24, 2.45) is 0 Å². The van der Waals surface area contributed by atoms with E-state index in [1.165, 1.54) is 20.8 Å². The van der Waals surface area contributed by atoms with Crippen LogP contribution < -0.4 is 38.0 Å². The summed E-state index contributed by atoms with van der Waals surface area (Å²) < 4.78 is 34.6. The molecule has 284 valence electrons. The second-order valence-corrected chi connectivity index (χ2v) is 11.7. The molecule has 6 heterocycles. The summed E-state index contributed by atoms with van der Waals surface area (Å²) in [6.45, 7) is 9.76. The van der Waals surface area contributed by atoms with Crippen molar-refractivity contribution in [3.8, 4) is 5.75 Å². The third-order valence-corrected chi connectivity index (χ3v) is 5.88. The van der Waals surface area contributed by atoms with Crippen LogP contribution in [0.2, 0.25) is 0 Å². The van der Waals surface area contributed by atoms with Crippen molar-refractivity contribution >= 4 is 74.6 Å². The molecule has 0 radical (unpaired) electrons. The number of hydrogen-bond donors (Lipinski definition) is 6. The number of pyridine rings is 3. The lowest BCUT2D eigenvalue weighted by atomic mass is 10.1. The topological polar surface area (TPSA) is 302 Å². The van der Waals surface area contributed by atoms with Crippen LogP contribution in [0.15, 0.2) is 46.4 Å². The number of fused-ring (bicyclic) bond motifs is 3. The molecule has 0 fully saturated rings. The number of nitrogens with two attached hydrogens (primary N) is 2. The Morgan fingerprint density at radius 1 is 0.741 bits per heavy atom. The summed E-state index contributed by atoms with van der Waals surface area (Å²) in [4.78, 5) is 85.0. The van der Waals surface area contributed by atoms with Gasteiger partial charge in [0.05, 0.1) is 25.7 Å². The fourth-order valence-corrected chi connectivity index (χ4v) is 4.03. The zero-order chi connectivity index (χ0) is 40.3. The Morgan fingerprint density at radius 2 is 1.26 bits per heavy atom. The highest BCUT2D eigenvalue weighted by atomic mass is 19.1. The largest absolute Gasteiger partial charge is 0.495 e. The number of carbonyl (C=O) groups excluding carboxylic acids is 3. The molecule has 0 saturated carbocycles. The van der Waals surface area contributed by atoms with Crippen molar-refractivity contribution in [1.82, 2.24) is 44.9 Å². The van der Waals surface area contributed by atoms with Gasteiger partial charge < -0.3 is 26.3 Å². The first-order valence-corrected chi connectivity index (χ1v) is 15.3. The van der Waals surface area contributed by atoms with Crippen LogP contribution in [0.4, 0.5) is 32.4 Å². The monoisotopic (exact) mass is 751 g/mol. The fourth-order valence-electron chi connectivity index (χ4n) is 4.03. The number of methoxy groups -OCH3 is 1. The van der Waals surface area contributed by atoms with Crippen molar-refractivity contribution in [3.05, 3.63) is 69.1 Å². The van der Waals surface area contributed by atoms with E-state index in [9.17, 15) is 32.8 Å². The molecule has 0 unspecified atom stereocenters. The third-order valence-electron chi connectivity index (χ3n) is 5.88. The first-order valence-electron chi connectivity index (χ1n) is 15.3. The van der Waals surface area contributed by atoms with Crippen molar-refractivity contribution < 1.29 is 32.6 Å². The van der Waals surface area contributed by atoms with Crippen LogP contribution in [0, 0.1) is 11.6 Å². The fraction of sp³-hybridized carbons (Fsp3) is 0.250. The maximum Gasteiger partial charge on any atom is 0.310 e. The van der Waals surface area contributed by atoms with E-state index in [0.717, 1.165) is 24.5 Å². The number of anilines is 4. The molecule has 54 heavy (non-hydrogen) atoms. The molecule has 0 aliphatic carbocycles. The number of carbonyl (C=O) groups is 3. The standard InChI is InChI=1S/C12H17N5O.C9H7FN4O2.C7H5FN4O.C4H6O3/c1-12(2,3)17-10-9-8(15-11(13)16-10)5-7(18-4)6-14-9;1-4(15)12-9-13-6-2-5(10)3-11-7(6)8(16)14-9;8-3-1-4-5(10-2-3)6(13)12-7(9)11-4;1-3(5)7-4(2)6/h5-6H,1-4H3,(H3,13,15,16,17);2-3H,1H3,(H2,12,13,14,15,16);1-2H,(H3,9,11,12,13);1-2H3. The van der Waals surface area contributed by atoms with Gasteiger partial charge in [-0.1, -0.05) is 0 Å². The van der Waals surface area contributed by atoms with E-state index < -0.39 is 34.7 Å². The summed E-state index contributed by atoms with van der Waals surface area (Å²) in [5.41, 5.74) is 11.5. The van der Waals surface area contributed by atoms with Crippen molar-refractivity contribution in [1.29, 1.82) is 0 Å². The van der Waals surface area contributed by atoms with Crippen molar-refractivity contribution in [2.45, 2.75) is 47.1 Å². The zero-order valence-electron chi connectivity index (χ0n) is 29.9. The number of ether oxygens (including phenoxy) is 2. The number of esters is 2. The molecule has 0 aliphatic heterocycles. The number of aromatic amines is 2. The summed E-state index contributed by atoms with van der Waals surface area (Å²) in [6, 6.07) is 3.96. The first kappa shape index (κ1) is 41.2. The zero-order valence-corrected chi connectivity index (χ0v) is 29.9. The number of nitrogens with zero attached hydrogens (tertiary/aromatic N) is 7. The summed E-state index contributed by atoms with van der Waals surface area (Å²) >= 11 is 0. The lowest BCUT2D eigenvalue weighted by molar-refractivity contribution is -0.156. The molecule has 0 aliphatic rings. The number of aromatic nitrogens is 9. The highest BCUT2D eigenvalue weighted by Crippen LogP contribution is 2.24. The van der Waals surface area contributed by atoms with Gasteiger partial charge in [-0.3, -0.25) is 39.3 Å². The van der Waals surface area contributed by atoms with E-state index in [0.29, 0.717) is 22.6 Å². The molecular weight excluding hydrogens is 716 g/mol. The number of halogens is 2. The smallest absolute Gasteiger partial charge is 0.310 e. The second-order valence-electron chi connectivity index (χ2n) is 11.7. The maximum atomic E-state index is 12.9. The van der Waals surface area contributed by atoms with Crippen LogP contribution in [0.5, 0.6) is 5.75 Å². The Labute approximate surface area is 303 Å². The van der Waals surface area contributed by atoms with Gasteiger partial charge >= 0.3 is 11.9 Å². The van der Waals surface area contributed by atoms with Crippen molar-refractivity contribution in [2.75, 3.05) is 29.2 Å². The van der Waals surface area contributed by atoms with Gasteiger partial charge in [0.15, 0.2) is 16.9 Å². The molecule has 22 heteroatoms. The Hall–Kier alpha value is -7.26. The maximum absolute atomic E-state index is 12.9. The molecule has 6 rings (SSSR count). The van der Waals surface area contributed by atoms with Gasteiger partial charge in [-0.05, 0) is 20.8 Å². The van der Waals surface area contributed by atoms with Gasteiger partial charge in [-0.25, -0.2) is 38.7 Å². The van der Waals surface area contributed by atoms with Gasteiger partial charge in [-0.15, -0.1) is 0 Å². The van der Waals surface area contributed by atoms with Gasteiger partial charge in [-0.2, -0.15) is 4.98 Å². The van der Waals surface area contributed by atoms with Gasteiger partial charge in [0.2, 0.25) is 23.8 Å². The number of amides is 1.